The number of aromatic carboxylic acids is 1. The van der Waals surface area contributed by atoms with Gasteiger partial charge in [0.1, 0.15) is 11.3 Å². The second kappa shape index (κ2) is 3.16. The summed E-state index contributed by atoms with van der Waals surface area (Å²) < 4.78 is 0. The van der Waals surface area contributed by atoms with Crippen LogP contribution in [0.5, 0.6) is 5.75 Å². The van der Waals surface area contributed by atoms with E-state index in [0.717, 1.165) is 5.39 Å². The van der Waals surface area contributed by atoms with Gasteiger partial charge in [0.15, 0.2) is 0 Å². The highest BCUT2D eigenvalue weighted by Gasteiger charge is 2.16. The van der Waals surface area contributed by atoms with Crippen molar-refractivity contribution in [2.24, 2.45) is 0 Å². The number of rotatable bonds is 1. The van der Waals surface area contributed by atoms with E-state index in [2.05, 4.69) is 0 Å². The van der Waals surface area contributed by atoms with E-state index in [1.54, 1.807) is 24.3 Å². The highest BCUT2D eigenvalue weighted by atomic mass is 16.4. The molecule has 0 aromatic heterocycles. The molecule has 2 aromatic rings. The van der Waals surface area contributed by atoms with E-state index in [1.807, 2.05) is 0 Å². The Bertz CT molecular complexity index is 549. The molecule has 0 fully saturated rings. The summed E-state index contributed by atoms with van der Waals surface area (Å²) in [6.07, 6.45) is 0. The van der Waals surface area contributed by atoms with E-state index in [9.17, 15) is 9.90 Å². The minimum atomic E-state index is -1.23. The smallest absolute Gasteiger partial charge is 0.341 e. The number of carbonyl (C=O) groups is 1. The second-order valence-electron chi connectivity index (χ2n) is 3.21. The number of hydrogen-bond donors (Lipinski definition) is 3. The lowest BCUT2D eigenvalue weighted by molar-refractivity contribution is 0.0695. The largest absolute Gasteiger partial charge is 0.507 e. The first-order valence-corrected chi connectivity index (χ1v) is 4.34. The third kappa shape index (κ3) is 1.36. The van der Waals surface area contributed by atoms with Crippen LogP contribution in [0.4, 0.5) is 5.69 Å². The molecule has 0 saturated carbocycles. The van der Waals surface area contributed by atoms with Gasteiger partial charge in [-0.15, -0.1) is 0 Å². The zero-order valence-corrected chi connectivity index (χ0v) is 7.77. The Hall–Kier alpha value is -2.23. The predicted molar refractivity (Wildman–Crippen MR) is 57.0 cm³/mol. The molecule has 0 saturated heterocycles. The number of aromatic hydroxyl groups is 1. The van der Waals surface area contributed by atoms with Gasteiger partial charge in [0.05, 0.1) is 5.69 Å². The standard InChI is InChI=1S/C11H9NO3/c12-10-7-4-2-1-3-6(7)5-8(13)9(10)11(14)15/h1-5,13H,12H2,(H,14,15). The van der Waals surface area contributed by atoms with Crippen LogP contribution in [-0.4, -0.2) is 16.2 Å². The molecule has 0 bridgehead atoms. The molecule has 76 valence electrons. The minimum Gasteiger partial charge on any atom is -0.507 e. The van der Waals surface area contributed by atoms with Gasteiger partial charge in [-0.1, -0.05) is 24.3 Å². The number of phenols is 1. The van der Waals surface area contributed by atoms with E-state index < -0.39 is 5.97 Å². The third-order valence-corrected chi connectivity index (χ3v) is 2.28. The van der Waals surface area contributed by atoms with Gasteiger partial charge in [0, 0.05) is 5.39 Å². The van der Waals surface area contributed by atoms with Crippen molar-refractivity contribution in [1.82, 2.24) is 0 Å². The van der Waals surface area contributed by atoms with Gasteiger partial charge in [-0.2, -0.15) is 0 Å². The summed E-state index contributed by atoms with van der Waals surface area (Å²) in [4.78, 5) is 10.8. The third-order valence-electron chi connectivity index (χ3n) is 2.28. The Morgan fingerprint density at radius 1 is 1.27 bits per heavy atom. The Balaban J connectivity index is 2.90. The second-order valence-corrected chi connectivity index (χ2v) is 3.21. The maximum atomic E-state index is 10.8. The molecule has 0 spiro atoms. The summed E-state index contributed by atoms with van der Waals surface area (Å²) >= 11 is 0. The molecule has 4 N–H and O–H groups in total. The summed E-state index contributed by atoms with van der Waals surface area (Å²) in [7, 11) is 0. The fraction of sp³-hybridized carbons (Fsp3) is 0. The average molecular weight is 203 g/mol. The van der Waals surface area contributed by atoms with Gasteiger partial charge in [-0.25, -0.2) is 4.79 Å². The molecule has 2 rings (SSSR count). The van der Waals surface area contributed by atoms with Gasteiger partial charge < -0.3 is 15.9 Å². The molecule has 0 atom stereocenters. The average Bonchev–Trinajstić information content (AvgIpc) is 2.17. The lowest BCUT2D eigenvalue weighted by Crippen LogP contribution is -2.03. The molecule has 0 aliphatic heterocycles. The number of benzene rings is 2. The van der Waals surface area contributed by atoms with Crippen molar-refractivity contribution in [1.29, 1.82) is 0 Å². The lowest BCUT2D eigenvalue weighted by atomic mass is 10.0. The summed E-state index contributed by atoms with van der Waals surface area (Å²) in [5.74, 6) is -1.53. The van der Waals surface area contributed by atoms with Crippen LogP contribution in [-0.2, 0) is 0 Å². The van der Waals surface area contributed by atoms with Gasteiger partial charge in [0.25, 0.3) is 0 Å². The molecule has 0 radical (unpaired) electrons. The normalized spacial score (nSPS) is 10.4. The SMILES string of the molecule is Nc1c(C(=O)O)c(O)cc2ccccc12. The summed E-state index contributed by atoms with van der Waals surface area (Å²) in [6.45, 7) is 0. The summed E-state index contributed by atoms with van der Waals surface area (Å²) in [6, 6.07) is 8.44. The van der Waals surface area contributed by atoms with Crippen molar-refractivity contribution in [3.63, 3.8) is 0 Å². The van der Waals surface area contributed by atoms with Crippen LogP contribution in [0, 0.1) is 0 Å². The fourth-order valence-electron chi connectivity index (χ4n) is 1.59. The van der Waals surface area contributed by atoms with Gasteiger partial charge in [0.2, 0.25) is 0 Å². The molecule has 0 aliphatic rings. The highest BCUT2D eigenvalue weighted by Crippen LogP contribution is 2.32. The highest BCUT2D eigenvalue weighted by molar-refractivity contribution is 6.07. The number of fused-ring (bicyclic) bond motifs is 1. The Morgan fingerprint density at radius 3 is 2.60 bits per heavy atom. The maximum Gasteiger partial charge on any atom is 0.341 e. The molecule has 15 heavy (non-hydrogen) atoms. The van der Waals surface area contributed by atoms with Crippen molar-refractivity contribution >= 4 is 22.4 Å². The van der Waals surface area contributed by atoms with Crippen LogP contribution in [0.1, 0.15) is 10.4 Å². The van der Waals surface area contributed by atoms with Crippen molar-refractivity contribution in [2.45, 2.75) is 0 Å². The van der Waals surface area contributed by atoms with Crippen molar-refractivity contribution in [3.05, 3.63) is 35.9 Å². The molecule has 2 aromatic carbocycles. The lowest BCUT2D eigenvalue weighted by Gasteiger charge is -2.07. The summed E-state index contributed by atoms with van der Waals surface area (Å²) in [5, 5.41) is 19.7. The van der Waals surface area contributed by atoms with Crippen LogP contribution in [0.3, 0.4) is 0 Å². The number of carboxylic acid groups (broad SMARTS) is 1. The van der Waals surface area contributed by atoms with E-state index in [0.29, 0.717) is 5.39 Å². The van der Waals surface area contributed by atoms with E-state index in [1.165, 1.54) is 6.07 Å². The summed E-state index contributed by atoms with van der Waals surface area (Å²) in [5.41, 5.74) is 5.53. The number of anilines is 1. The monoisotopic (exact) mass is 203 g/mol. The van der Waals surface area contributed by atoms with Crippen molar-refractivity contribution < 1.29 is 15.0 Å². The van der Waals surface area contributed by atoms with Gasteiger partial charge in [-0.05, 0) is 11.5 Å². The molecular weight excluding hydrogens is 194 g/mol. The molecule has 0 amide bonds. The van der Waals surface area contributed by atoms with Crippen LogP contribution < -0.4 is 5.73 Å². The zero-order chi connectivity index (χ0) is 11.0. The quantitative estimate of drug-likeness (QED) is 0.617. The first kappa shape index (κ1) is 9.33. The number of nitrogen functional groups attached to an aromatic ring is 1. The zero-order valence-electron chi connectivity index (χ0n) is 7.77. The Labute approximate surface area is 85.6 Å². The predicted octanol–water partition coefficient (Wildman–Crippen LogP) is 1.83. The Kier molecular flexibility index (Phi) is 1.97. The molecular formula is C11H9NO3. The molecule has 4 heteroatoms. The van der Waals surface area contributed by atoms with Crippen LogP contribution in [0.2, 0.25) is 0 Å². The topological polar surface area (TPSA) is 83.6 Å². The number of carboxylic acids is 1. The van der Waals surface area contributed by atoms with Crippen molar-refractivity contribution in [3.8, 4) is 5.75 Å². The Morgan fingerprint density at radius 2 is 1.93 bits per heavy atom. The van der Waals surface area contributed by atoms with Crippen LogP contribution in [0.15, 0.2) is 30.3 Å². The van der Waals surface area contributed by atoms with E-state index >= 15 is 0 Å². The van der Waals surface area contributed by atoms with E-state index in [-0.39, 0.29) is 17.0 Å². The van der Waals surface area contributed by atoms with Gasteiger partial charge in [-0.3, -0.25) is 0 Å². The van der Waals surface area contributed by atoms with E-state index in [4.69, 9.17) is 10.8 Å². The first-order chi connectivity index (χ1) is 7.11. The van der Waals surface area contributed by atoms with Gasteiger partial charge >= 0.3 is 5.97 Å². The molecule has 0 aliphatic carbocycles. The van der Waals surface area contributed by atoms with Crippen molar-refractivity contribution in [2.75, 3.05) is 5.73 Å². The minimum absolute atomic E-state index is 0.0955. The molecule has 4 nitrogen and oxygen atoms in total. The number of nitrogens with two attached hydrogens (primary N) is 1. The maximum absolute atomic E-state index is 10.8. The first-order valence-electron chi connectivity index (χ1n) is 4.34. The van der Waals surface area contributed by atoms with Crippen LogP contribution >= 0.6 is 0 Å². The molecule has 0 unspecified atom stereocenters. The van der Waals surface area contributed by atoms with Crippen LogP contribution in [0.25, 0.3) is 10.8 Å². The molecule has 0 heterocycles. The fourth-order valence-corrected chi connectivity index (χ4v) is 1.59. The number of hydrogen-bond acceptors (Lipinski definition) is 3.